The molecule has 0 fully saturated rings. The number of thiol groups is 1. The van der Waals surface area contributed by atoms with Crippen LogP contribution >= 0.6 is 110 Å². The fourth-order valence-corrected chi connectivity index (χ4v) is 4.30. The van der Waals surface area contributed by atoms with E-state index in [0.29, 0.717) is 45.6 Å². The van der Waals surface area contributed by atoms with Crippen LogP contribution in [-0.4, -0.2) is 19.9 Å². The molecule has 0 amide bonds. The Balaban J connectivity index is 0.000000203. The van der Waals surface area contributed by atoms with Crippen LogP contribution in [0.2, 0.25) is 30.4 Å². The Morgan fingerprint density at radius 3 is 1.80 bits per heavy atom. The Morgan fingerprint density at radius 1 is 0.743 bits per heavy atom. The maximum absolute atomic E-state index is 6.06. The second kappa shape index (κ2) is 14.8. The summed E-state index contributed by atoms with van der Waals surface area (Å²) in [5, 5.41) is 3.11. The lowest BCUT2D eigenvalue weighted by atomic mass is 10.4. The Labute approximate surface area is 249 Å². The fourth-order valence-electron chi connectivity index (χ4n) is 1.97. The third-order valence-electron chi connectivity index (χ3n) is 3.51. The third kappa shape index (κ3) is 9.83. The molecule has 6 nitrogen and oxygen atoms in total. The minimum absolute atomic E-state index is 0.254. The molecule has 0 aliphatic carbocycles. The highest BCUT2D eigenvalue weighted by molar-refractivity contribution is 9.10. The van der Waals surface area contributed by atoms with E-state index in [9.17, 15) is 0 Å². The standard InChI is InChI=1S/C10H6Cl3N3S.C6H4Cl2S.C4H3BrClN3/c11-5-2-1-3-6(8(5)13)17-10-9(14)16-7(12)4-15-10;7-4-2-1-3-5(9)6(4)8;5-3-4(7)9-2(6)1-8-3/h1-4H,(H2,14,16);1-3,9H;1H,(H2,7,9). The molecule has 35 heavy (non-hydrogen) atoms. The summed E-state index contributed by atoms with van der Waals surface area (Å²) < 4.78 is 0.520. The monoisotopic (exact) mass is 690 g/mol. The normalized spacial score (nSPS) is 10.1. The summed E-state index contributed by atoms with van der Waals surface area (Å²) in [7, 11) is 0. The summed E-state index contributed by atoms with van der Waals surface area (Å²) in [4.78, 5) is 17.0. The number of aromatic nitrogens is 4. The Hall–Kier alpha value is -0.880. The van der Waals surface area contributed by atoms with E-state index in [1.165, 1.54) is 24.2 Å². The minimum Gasteiger partial charge on any atom is -0.381 e. The van der Waals surface area contributed by atoms with Crippen LogP contribution in [0.15, 0.2) is 68.2 Å². The zero-order chi connectivity index (χ0) is 26.1. The number of nitrogen functional groups attached to an aromatic ring is 2. The van der Waals surface area contributed by atoms with E-state index in [1.54, 1.807) is 30.3 Å². The van der Waals surface area contributed by atoms with Crippen LogP contribution < -0.4 is 11.5 Å². The quantitative estimate of drug-likeness (QED) is 0.180. The first-order valence-electron chi connectivity index (χ1n) is 8.96. The lowest BCUT2D eigenvalue weighted by Gasteiger charge is -2.06. The summed E-state index contributed by atoms with van der Waals surface area (Å²) in [6.07, 6.45) is 2.85. The van der Waals surface area contributed by atoms with Crippen molar-refractivity contribution in [2.24, 2.45) is 0 Å². The molecule has 2 aromatic heterocycles. The second-order valence-electron chi connectivity index (χ2n) is 5.98. The molecule has 4 N–H and O–H groups in total. The summed E-state index contributed by atoms with van der Waals surface area (Å²) in [5.74, 6) is 0.570. The van der Waals surface area contributed by atoms with Gasteiger partial charge in [0.05, 0.1) is 32.5 Å². The van der Waals surface area contributed by atoms with Gasteiger partial charge in [0.2, 0.25) is 0 Å². The summed E-state index contributed by atoms with van der Waals surface area (Å²) >= 11 is 42.8. The van der Waals surface area contributed by atoms with Crippen molar-refractivity contribution < 1.29 is 0 Å². The number of benzene rings is 2. The molecule has 0 unspecified atom stereocenters. The molecule has 15 heteroatoms. The maximum Gasteiger partial charge on any atom is 0.158 e. The second-order valence-corrected chi connectivity index (χ2v) is 10.6. The summed E-state index contributed by atoms with van der Waals surface area (Å²) in [6, 6.07) is 10.7. The van der Waals surface area contributed by atoms with E-state index >= 15 is 0 Å². The molecule has 2 aromatic carbocycles. The van der Waals surface area contributed by atoms with Crippen molar-refractivity contribution in [3.05, 3.63) is 83.8 Å². The Morgan fingerprint density at radius 2 is 1.29 bits per heavy atom. The molecule has 0 aliphatic heterocycles. The van der Waals surface area contributed by atoms with Gasteiger partial charge >= 0.3 is 0 Å². The van der Waals surface area contributed by atoms with Crippen LogP contribution in [0, 0.1) is 0 Å². The molecule has 0 bridgehead atoms. The number of rotatable bonds is 2. The number of hydrogen-bond acceptors (Lipinski definition) is 8. The molecule has 4 rings (SSSR count). The van der Waals surface area contributed by atoms with E-state index in [1.807, 2.05) is 6.07 Å². The minimum atomic E-state index is 0.254. The van der Waals surface area contributed by atoms with Crippen LogP contribution in [-0.2, 0) is 0 Å². The number of hydrogen-bond donors (Lipinski definition) is 3. The predicted molar refractivity (Wildman–Crippen MR) is 155 cm³/mol. The molecule has 0 saturated carbocycles. The predicted octanol–water partition coefficient (Wildman–Crippen LogP) is 8.93. The number of nitrogens with zero attached hydrogens (tertiary/aromatic N) is 4. The molecule has 2 heterocycles. The largest absolute Gasteiger partial charge is 0.381 e. The number of halogens is 7. The van der Waals surface area contributed by atoms with Gasteiger partial charge in [-0.05, 0) is 40.2 Å². The van der Waals surface area contributed by atoms with Crippen LogP contribution in [0.25, 0.3) is 0 Å². The van der Waals surface area contributed by atoms with Crippen molar-refractivity contribution >= 4 is 122 Å². The maximum atomic E-state index is 6.06. The molecule has 184 valence electrons. The summed E-state index contributed by atoms with van der Waals surface area (Å²) in [6.45, 7) is 0. The molecule has 0 atom stereocenters. The van der Waals surface area contributed by atoms with Gasteiger partial charge in [0.25, 0.3) is 0 Å². The van der Waals surface area contributed by atoms with E-state index in [-0.39, 0.29) is 11.0 Å². The van der Waals surface area contributed by atoms with Gasteiger partial charge in [-0.25, -0.2) is 19.9 Å². The van der Waals surface area contributed by atoms with Gasteiger partial charge in [-0.1, -0.05) is 93.5 Å². The van der Waals surface area contributed by atoms with Crippen molar-refractivity contribution in [1.82, 2.24) is 19.9 Å². The van der Waals surface area contributed by atoms with Crippen molar-refractivity contribution in [3.8, 4) is 0 Å². The number of anilines is 2. The van der Waals surface area contributed by atoms with Crippen LogP contribution in [0.1, 0.15) is 0 Å². The lowest BCUT2D eigenvalue weighted by Crippen LogP contribution is -1.95. The highest BCUT2D eigenvalue weighted by Crippen LogP contribution is 2.37. The van der Waals surface area contributed by atoms with E-state index in [4.69, 9.17) is 81.1 Å². The van der Waals surface area contributed by atoms with Gasteiger partial charge in [-0.3, -0.25) is 0 Å². The van der Waals surface area contributed by atoms with Gasteiger partial charge in [-0.2, -0.15) is 0 Å². The first kappa shape index (κ1) is 30.3. The van der Waals surface area contributed by atoms with Crippen molar-refractivity contribution in [2.45, 2.75) is 14.8 Å². The van der Waals surface area contributed by atoms with Crippen molar-refractivity contribution in [2.75, 3.05) is 11.5 Å². The third-order valence-corrected chi connectivity index (χ3v) is 7.81. The van der Waals surface area contributed by atoms with Gasteiger partial charge in [-0.15, -0.1) is 12.6 Å². The highest BCUT2D eigenvalue weighted by Gasteiger charge is 2.10. The van der Waals surface area contributed by atoms with Crippen LogP contribution in [0.3, 0.4) is 0 Å². The molecular weight excluding hydrogens is 681 g/mol. The topological polar surface area (TPSA) is 104 Å². The van der Waals surface area contributed by atoms with E-state index in [0.717, 1.165) is 4.90 Å². The average molecular weight is 694 g/mol. The smallest absolute Gasteiger partial charge is 0.158 e. The molecule has 4 aromatic rings. The van der Waals surface area contributed by atoms with Gasteiger partial charge in [0.1, 0.15) is 19.9 Å². The van der Waals surface area contributed by atoms with Gasteiger partial charge < -0.3 is 11.5 Å². The first-order chi connectivity index (χ1) is 16.5. The Kier molecular flexibility index (Phi) is 12.8. The van der Waals surface area contributed by atoms with Crippen molar-refractivity contribution in [3.63, 3.8) is 0 Å². The lowest BCUT2D eigenvalue weighted by molar-refractivity contribution is 1.07. The molecule has 0 saturated heterocycles. The first-order valence-corrected chi connectivity index (χ1v) is 13.3. The van der Waals surface area contributed by atoms with E-state index < -0.39 is 0 Å². The van der Waals surface area contributed by atoms with Gasteiger partial charge in [0, 0.05) is 9.79 Å². The van der Waals surface area contributed by atoms with Crippen molar-refractivity contribution in [1.29, 1.82) is 0 Å². The Bertz CT molecular complexity index is 1300. The average Bonchev–Trinajstić information content (AvgIpc) is 2.80. The SMILES string of the molecule is Nc1nc(Cl)cnc1Br.Nc1nc(Cl)cnc1Sc1cccc(Cl)c1Cl.Sc1cccc(Cl)c1Cl. The zero-order valence-electron chi connectivity index (χ0n) is 17.1. The van der Waals surface area contributed by atoms with E-state index in [2.05, 4.69) is 48.5 Å². The van der Waals surface area contributed by atoms with Crippen LogP contribution in [0.5, 0.6) is 0 Å². The molecule has 0 radical (unpaired) electrons. The highest BCUT2D eigenvalue weighted by atomic mass is 79.9. The summed E-state index contributed by atoms with van der Waals surface area (Å²) in [5.41, 5.74) is 11.0. The number of nitrogens with two attached hydrogens (primary N) is 2. The molecule has 0 spiro atoms. The van der Waals surface area contributed by atoms with Gasteiger partial charge in [0.15, 0.2) is 11.6 Å². The van der Waals surface area contributed by atoms with Crippen LogP contribution in [0.4, 0.5) is 11.6 Å². The molecule has 0 aliphatic rings. The fraction of sp³-hybridized carbons (Fsp3) is 0. The molecular formula is C20H13BrCl6N6S2. The zero-order valence-corrected chi connectivity index (χ0v) is 24.9.